The van der Waals surface area contributed by atoms with Crippen molar-refractivity contribution in [2.75, 3.05) is 0 Å². The molecular weight excluding hydrogens is 1880 g/mol. The molecule has 14 nitrogen and oxygen atoms in total. The molecule has 7 rings (SSSR count). The maximum atomic E-state index is 10.8. The highest BCUT2D eigenvalue weighted by Gasteiger charge is 2.32. The summed E-state index contributed by atoms with van der Waals surface area (Å²) in [6.07, 6.45) is 49.0. The standard InChI is InChI=1S/C21H35NO.2C20H34O2.C19H31ClO2.C19H31NO.C19H32O2.C17H28O2/c1-4-14-21(23,15-5-2)16-13-20-12-8-11-19(17-20)10-7-6-9-18(3)22;1-5-8-19(21)18-10-9-16(4)17(15-18)11-14-20(22,12-6-2)13-7-3;1-5-8-19(21)18-15-17(10-9-16(18)4)11-14-20(22,12-6-2)13-7-3;1-4-7-18(21)16-14-15(8-9-17(16)20)10-13-19(22,11-5-2)12-6-3;1-4-12-19(21,13-5-2)14-11-18-8-6-7-17(15-18)10-9-16(3)20;1-4-11-19(21,12-5-2)13-10-16-8-7-9-17(14-16)15-18(20)6-3;1-4-16(18)13-15-9-7-8-14(12-15)10-11-17(19,5-2)6-3/h8,11-12,17,22-23H,4-7,9-10,13-16H2,1-3H3;2*9-10,15,19,21-22H,5-8,11-14H2,1-4H3;8-9,14,18,21-22H,4-7,10-13H2,1-3H3;6-8,15,20-21H,4-5,9-14H2,1-3H3;7-9,14,18,20-21H,4-6,10-13,15H2,1-3H3;7-9,12,16,18-19H,4-6,10-11,13H2,1-3H3. The van der Waals surface area contributed by atoms with Crippen LogP contribution in [0.25, 0.3) is 0 Å². The van der Waals surface area contributed by atoms with Gasteiger partial charge in [0.05, 0.1) is 69.7 Å². The Hall–Kier alpha value is -6.31. The molecule has 0 saturated heterocycles. The fraction of sp³-hybridized carbons (Fsp3) is 0.674. The van der Waals surface area contributed by atoms with Crippen molar-refractivity contribution in [1.29, 1.82) is 10.8 Å². The van der Waals surface area contributed by atoms with E-state index in [1.54, 1.807) is 0 Å². The summed E-state index contributed by atoms with van der Waals surface area (Å²) < 4.78 is 0. The van der Waals surface area contributed by atoms with Crippen LogP contribution >= 0.6 is 11.6 Å². The number of aliphatic hydroxyl groups excluding tert-OH is 5. The van der Waals surface area contributed by atoms with Crippen molar-refractivity contribution in [2.45, 2.75) is 589 Å². The summed E-state index contributed by atoms with van der Waals surface area (Å²) in [6, 6.07) is 52.8. The van der Waals surface area contributed by atoms with Crippen LogP contribution in [0.1, 0.15) is 542 Å². The Balaban J connectivity index is 0.000000876. The Morgan fingerprint density at radius 1 is 0.260 bits per heavy atom. The summed E-state index contributed by atoms with van der Waals surface area (Å²) in [5.41, 5.74) is 17.0. The fourth-order valence-corrected chi connectivity index (χ4v) is 21.6. The number of hydrogen-bond acceptors (Lipinski definition) is 14. The third-order valence-corrected chi connectivity index (χ3v) is 30.9. The van der Waals surface area contributed by atoms with E-state index in [-0.39, 0.29) is 24.4 Å². The maximum Gasteiger partial charge on any atom is 0.0804 e. The Morgan fingerprint density at radius 3 is 0.840 bits per heavy atom. The maximum absolute atomic E-state index is 10.8. The average molecular weight is 2100 g/mol. The van der Waals surface area contributed by atoms with Gasteiger partial charge in [-0.25, -0.2) is 0 Å². The molecule has 0 bridgehead atoms. The Kier molecular flexibility index (Phi) is 76.0. The molecule has 150 heavy (non-hydrogen) atoms. The molecule has 0 radical (unpaired) electrons. The molecule has 0 aliphatic carbocycles. The van der Waals surface area contributed by atoms with Gasteiger partial charge in [-0.1, -0.05) is 385 Å². The van der Waals surface area contributed by atoms with Gasteiger partial charge < -0.3 is 72.1 Å². The van der Waals surface area contributed by atoms with Crippen molar-refractivity contribution in [2.24, 2.45) is 0 Å². The van der Waals surface area contributed by atoms with Gasteiger partial charge in [-0.2, -0.15) is 0 Å². The second-order valence-electron chi connectivity index (χ2n) is 45.0. The highest BCUT2D eigenvalue weighted by Crippen LogP contribution is 2.37. The van der Waals surface area contributed by atoms with E-state index in [4.69, 9.17) is 22.4 Å². The van der Waals surface area contributed by atoms with Gasteiger partial charge in [0.25, 0.3) is 0 Å². The van der Waals surface area contributed by atoms with Gasteiger partial charge in [-0.3, -0.25) is 0 Å². The van der Waals surface area contributed by atoms with Crippen molar-refractivity contribution in [3.05, 3.63) is 246 Å². The Morgan fingerprint density at radius 2 is 0.527 bits per heavy atom. The van der Waals surface area contributed by atoms with Crippen LogP contribution in [-0.4, -0.2) is 124 Å². The number of benzene rings is 7. The van der Waals surface area contributed by atoms with Crippen LogP contribution in [0.15, 0.2) is 152 Å². The van der Waals surface area contributed by atoms with Crippen LogP contribution in [0.5, 0.6) is 0 Å². The summed E-state index contributed by atoms with van der Waals surface area (Å²) in [4.78, 5) is 0. The van der Waals surface area contributed by atoms with Crippen LogP contribution in [0.2, 0.25) is 5.02 Å². The van der Waals surface area contributed by atoms with Crippen LogP contribution < -0.4 is 0 Å². The molecule has 7 aromatic carbocycles. The second-order valence-corrected chi connectivity index (χ2v) is 45.4. The summed E-state index contributed by atoms with van der Waals surface area (Å²) >= 11 is 6.21. The number of aliphatic hydroxyl groups is 12. The van der Waals surface area contributed by atoms with Crippen LogP contribution in [-0.2, 0) is 70.6 Å². The van der Waals surface area contributed by atoms with Gasteiger partial charge in [0.1, 0.15) is 0 Å². The molecular formula is C135H225ClN2O12. The predicted molar refractivity (Wildman–Crippen MR) is 644 cm³/mol. The lowest BCUT2D eigenvalue weighted by molar-refractivity contribution is 0.0127. The molecule has 15 heteroatoms. The smallest absolute Gasteiger partial charge is 0.0804 e. The average Bonchev–Trinajstić information content (AvgIpc) is 0.857. The van der Waals surface area contributed by atoms with Crippen molar-refractivity contribution in [1.82, 2.24) is 0 Å². The minimum Gasteiger partial charge on any atom is -0.393 e. The van der Waals surface area contributed by atoms with E-state index in [0.717, 1.165) is 399 Å². The number of halogens is 1. The van der Waals surface area contributed by atoms with Crippen molar-refractivity contribution < 1.29 is 61.3 Å². The van der Waals surface area contributed by atoms with Gasteiger partial charge in [-0.15, -0.1) is 0 Å². The highest BCUT2D eigenvalue weighted by molar-refractivity contribution is 6.31. The van der Waals surface area contributed by atoms with Gasteiger partial charge in [0.2, 0.25) is 0 Å². The van der Waals surface area contributed by atoms with Crippen molar-refractivity contribution in [3.8, 4) is 0 Å². The molecule has 854 valence electrons. The zero-order valence-electron chi connectivity index (χ0n) is 99.7. The van der Waals surface area contributed by atoms with E-state index in [9.17, 15) is 61.3 Å². The molecule has 0 spiro atoms. The molecule has 7 aromatic rings. The van der Waals surface area contributed by atoms with Crippen molar-refractivity contribution >= 4 is 23.0 Å². The second kappa shape index (κ2) is 80.5. The van der Waals surface area contributed by atoms with Gasteiger partial charge in [0, 0.05) is 16.4 Å². The van der Waals surface area contributed by atoms with E-state index in [2.05, 4.69) is 239 Å². The quantitative estimate of drug-likeness (QED) is 0.0125. The SMILES string of the molecule is CCC(O)Cc1cccc(CCC(O)(CC)CC)c1.CCCC(O)(CCC)CCc1cccc(CC(O)CC)c1.CCCC(O)(CCC)CCc1cccc(CCC(C)=N)c1.CCCC(O)(CCC)CCc1cccc(CCCCC(C)=N)c1.CCCC(O)c1cc(CCC(O)(CCC)CCC)ccc1C.CCCC(O)c1cc(CCC(O)(CCC)CCC)ccc1Cl.CCCC(O)c1ccc(C)c(CCC(O)(CCC)CCC)c1. The van der Waals surface area contributed by atoms with Gasteiger partial charge in [-0.05, 0) is 386 Å². The van der Waals surface area contributed by atoms with E-state index in [1.807, 2.05) is 71.9 Å². The van der Waals surface area contributed by atoms with E-state index < -0.39 is 45.3 Å². The summed E-state index contributed by atoms with van der Waals surface area (Å²) in [6.45, 7) is 47.8. The minimum atomic E-state index is -0.564. The van der Waals surface area contributed by atoms with E-state index >= 15 is 0 Å². The number of aryl methyl sites for hydroxylation is 11. The highest BCUT2D eigenvalue weighted by atomic mass is 35.5. The minimum absolute atomic E-state index is 0.251. The number of unbranched alkanes of at least 4 members (excludes halogenated alkanes) is 1. The number of rotatable bonds is 70. The molecule has 0 aliphatic rings. The van der Waals surface area contributed by atoms with E-state index in [1.165, 1.54) is 61.2 Å². The van der Waals surface area contributed by atoms with Crippen LogP contribution in [0, 0.1) is 24.7 Å². The molecule has 0 fully saturated rings. The molecule has 0 amide bonds. The molecule has 14 N–H and O–H groups in total. The largest absolute Gasteiger partial charge is 0.393 e. The Labute approximate surface area is 923 Å². The molecule has 5 atom stereocenters. The lowest BCUT2D eigenvalue weighted by atomic mass is 9.85. The van der Waals surface area contributed by atoms with Gasteiger partial charge >= 0.3 is 0 Å². The first kappa shape index (κ1) is 142. The zero-order chi connectivity index (χ0) is 113. The van der Waals surface area contributed by atoms with Crippen molar-refractivity contribution in [3.63, 3.8) is 0 Å². The third-order valence-electron chi connectivity index (χ3n) is 30.5. The van der Waals surface area contributed by atoms with Gasteiger partial charge in [0.15, 0.2) is 0 Å². The summed E-state index contributed by atoms with van der Waals surface area (Å²) in [5.74, 6) is 0. The van der Waals surface area contributed by atoms with E-state index in [0.29, 0.717) is 5.02 Å². The lowest BCUT2D eigenvalue weighted by Gasteiger charge is -2.28. The molecule has 0 aromatic heterocycles. The third kappa shape index (κ3) is 61.4. The van der Waals surface area contributed by atoms with Crippen LogP contribution in [0.4, 0.5) is 0 Å². The van der Waals surface area contributed by atoms with Crippen LogP contribution in [0.3, 0.4) is 0 Å². The number of hydrogen-bond donors (Lipinski definition) is 14. The normalized spacial score (nSPS) is 12.9. The molecule has 0 heterocycles. The summed E-state index contributed by atoms with van der Waals surface area (Å²) in [5, 5.41) is 140. The number of nitrogens with one attached hydrogen (secondary N) is 2. The monoisotopic (exact) mass is 2100 g/mol. The Bertz CT molecular complexity index is 4490. The lowest BCUT2D eigenvalue weighted by Crippen LogP contribution is -2.29. The molecule has 5 unspecified atom stereocenters. The predicted octanol–water partition coefficient (Wildman–Crippen LogP) is 34.0. The fourth-order valence-electron chi connectivity index (χ4n) is 21.3. The first-order valence-corrected chi connectivity index (χ1v) is 60.6. The zero-order valence-corrected chi connectivity index (χ0v) is 100. The first-order chi connectivity index (χ1) is 71.4. The molecule has 0 saturated carbocycles. The first-order valence-electron chi connectivity index (χ1n) is 60.2. The molecule has 0 aliphatic heterocycles. The topological polar surface area (TPSA) is 290 Å². The summed E-state index contributed by atoms with van der Waals surface area (Å²) in [7, 11) is 0.